The van der Waals surface area contributed by atoms with Crippen LogP contribution in [0.15, 0.2) is 15.4 Å². The Hall–Kier alpha value is -0.850. The van der Waals surface area contributed by atoms with Gasteiger partial charge in [0, 0.05) is 12.1 Å². The van der Waals surface area contributed by atoms with E-state index in [4.69, 9.17) is 4.42 Å². The lowest BCUT2D eigenvalue weighted by Gasteiger charge is -2.16. The Bertz CT molecular complexity index is 491. The predicted octanol–water partition coefficient (Wildman–Crippen LogP) is 1.63. The summed E-state index contributed by atoms with van der Waals surface area (Å²) in [5.41, 5.74) is 0. The van der Waals surface area contributed by atoms with E-state index in [0.29, 0.717) is 18.1 Å². The first-order chi connectivity index (χ1) is 8.27. The molecule has 0 spiro atoms. The molecule has 0 saturated heterocycles. The second-order valence-electron chi connectivity index (χ2n) is 4.82. The van der Waals surface area contributed by atoms with Gasteiger partial charge in [-0.2, -0.15) is 0 Å². The van der Waals surface area contributed by atoms with E-state index in [9.17, 15) is 8.42 Å². The molecule has 1 heterocycles. The van der Waals surface area contributed by atoms with E-state index in [1.807, 2.05) is 20.8 Å². The van der Waals surface area contributed by atoms with E-state index in [-0.39, 0.29) is 16.9 Å². The number of hydrogen-bond acceptors (Lipinski definition) is 4. The first-order valence-electron chi connectivity index (χ1n) is 6.04. The van der Waals surface area contributed by atoms with Crippen molar-refractivity contribution in [3.05, 3.63) is 17.6 Å². The quantitative estimate of drug-likeness (QED) is 0.827. The summed E-state index contributed by atoms with van der Waals surface area (Å²) in [4.78, 5) is 0.222. The zero-order valence-corrected chi connectivity index (χ0v) is 12.4. The Labute approximate surface area is 109 Å². The van der Waals surface area contributed by atoms with Gasteiger partial charge in [0.15, 0.2) is 0 Å². The number of aryl methyl sites for hydroxylation is 1. The molecule has 1 atom stereocenters. The molecule has 0 fully saturated rings. The maximum Gasteiger partial charge on any atom is 0.244 e. The molecular weight excluding hydrogens is 252 g/mol. The fourth-order valence-electron chi connectivity index (χ4n) is 1.50. The van der Waals surface area contributed by atoms with Crippen LogP contribution >= 0.6 is 0 Å². The minimum Gasteiger partial charge on any atom is -0.464 e. The summed E-state index contributed by atoms with van der Waals surface area (Å²) in [5, 5.41) is 2.93. The topological polar surface area (TPSA) is 71.3 Å². The maximum absolute atomic E-state index is 12.2. The molecule has 0 amide bonds. The van der Waals surface area contributed by atoms with Gasteiger partial charge < -0.3 is 9.73 Å². The minimum atomic E-state index is -3.50. The fourth-order valence-corrected chi connectivity index (χ4v) is 3.09. The van der Waals surface area contributed by atoms with Crippen LogP contribution in [0.4, 0.5) is 0 Å². The van der Waals surface area contributed by atoms with Crippen molar-refractivity contribution in [2.24, 2.45) is 5.92 Å². The van der Waals surface area contributed by atoms with E-state index in [1.54, 1.807) is 20.0 Å². The fraction of sp³-hybridized carbons (Fsp3) is 0.667. The zero-order chi connectivity index (χ0) is 13.9. The van der Waals surface area contributed by atoms with E-state index in [2.05, 4.69) is 10.0 Å². The minimum absolute atomic E-state index is 0.114. The molecule has 1 unspecified atom stereocenters. The van der Waals surface area contributed by atoms with E-state index in [0.717, 1.165) is 0 Å². The molecule has 0 bridgehead atoms. The smallest absolute Gasteiger partial charge is 0.244 e. The third-order valence-electron chi connectivity index (χ3n) is 2.90. The Morgan fingerprint density at radius 2 is 1.94 bits per heavy atom. The van der Waals surface area contributed by atoms with Crippen molar-refractivity contribution in [3.8, 4) is 0 Å². The van der Waals surface area contributed by atoms with Crippen LogP contribution in [0.1, 0.15) is 32.3 Å². The average molecular weight is 274 g/mol. The van der Waals surface area contributed by atoms with Gasteiger partial charge in [0.05, 0.1) is 6.54 Å². The second-order valence-corrected chi connectivity index (χ2v) is 6.50. The van der Waals surface area contributed by atoms with Crippen LogP contribution < -0.4 is 10.0 Å². The highest BCUT2D eigenvalue weighted by atomic mass is 32.2. The van der Waals surface area contributed by atoms with Gasteiger partial charge in [-0.05, 0) is 26.8 Å². The van der Waals surface area contributed by atoms with Gasteiger partial charge >= 0.3 is 0 Å². The second kappa shape index (κ2) is 5.86. The summed E-state index contributed by atoms with van der Waals surface area (Å²) < 4.78 is 32.4. The highest BCUT2D eigenvalue weighted by Crippen LogP contribution is 2.20. The summed E-state index contributed by atoms with van der Waals surface area (Å²) in [7, 11) is -1.72. The lowest BCUT2D eigenvalue weighted by molar-refractivity contribution is 0.461. The molecule has 0 radical (unpaired) electrons. The van der Waals surface area contributed by atoms with Crippen molar-refractivity contribution in [1.82, 2.24) is 10.0 Å². The molecule has 2 N–H and O–H groups in total. The Morgan fingerprint density at radius 3 is 2.44 bits per heavy atom. The molecule has 6 heteroatoms. The molecule has 1 aromatic heterocycles. The van der Waals surface area contributed by atoms with Gasteiger partial charge in [-0.1, -0.05) is 13.8 Å². The van der Waals surface area contributed by atoms with E-state index >= 15 is 0 Å². The summed E-state index contributed by atoms with van der Waals surface area (Å²) in [6, 6.07) is 1.46. The third-order valence-corrected chi connectivity index (χ3v) is 4.57. The SMILES string of the molecule is CNCc1cc(S(=O)(=O)NC(C)C(C)C)c(C)o1. The molecule has 0 aliphatic rings. The lowest BCUT2D eigenvalue weighted by Crippen LogP contribution is -2.36. The Kier molecular flexibility index (Phi) is 4.95. The van der Waals surface area contributed by atoms with Crippen LogP contribution in [-0.2, 0) is 16.6 Å². The number of sulfonamides is 1. The molecule has 0 aliphatic heterocycles. The van der Waals surface area contributed by atoms with Gasteiger partial charge in [-0.3, -0.25) is 0 Å². The molecule has 0 aromatic carbocycles. The molecule has 5 nitrogen and oxygen atoms in total. The first kappa shape index (κ1) is 15.2. The Morgan fingerprint density at radius 1 is 1.33 bits per heavy atom. The van der Waals surface area contributed by atoms with Crippen molar-refractivity contribution >= 4 is 10.0 Å². The molecule has 104 valence electrons. The summed E-state index contributed by atoms with van der Waals surface area (Å²) in [5.74, 6) is 1.28. The summed E-state index contributed by atoms with van der Waals surface area (Å²) in [6.45, 7) is 7.97. The lowest BCUT2D eigenvalue weighted by atomic mass is 10.1. The van der Waals surface area contributed by atoms with Crippen LogP contribution in [0.3, 0.4) is 0 Å². The van der Waals surface area contributed by atoms with Crippen LogP contribution in [0, 0.1) is 12.8 Å². The summed E-state index contributed by atoms with van der Waals surface area (Å²) in [6.07, 6.45) is 0. The third kappa shape index (κ3) is 3.57. The van der Waals surface area contributed by atoms with Gasteiger partial charge in [0.25, 0.3) is 0 Å². The maximum atomic E-state index is 12.2. The average Bonchev–Trinajstić information content (AvgIpc) is 2.60. The molecule has 18 heavy (non-hydrogen) atoms. The van der Waals surface area contributed by atoms with Gasteiger partial charge in [-0.15, -0.1) is 0 Å². The molecule has 0 aliphatic carbocycles. The van der Waals surface area contributed by atoms with Crippen molar-refractivity contribution in [2.75, 3.05) is 7.05 Å². The highest BCUT2D eigenvalue weighted by molar-refractivity contribution is 7.89. The number of hydrogen-bond donors (Lipinski definition) is 2. The molecule has 1 aromatic rings. The standard InChI is InChI=1S/C12H22N2O3S/c1-8(2)9(3)14-18(15,16)12-6-11(7-13-5)17-10(12)4/h6,8-9,13-14H,7H2,1-5H3. The van der Waals surface area contributed by atoms with Crippen LogP contribution in [0.25, 0.3) is 0 Å². The highest BCUT2D eigenvalue weighted by Gasteiger charge is 2.24. The molecule has 0 saturated carbocycles. The zero-order valence-electron chi connectivity index (χ0n) is 11.6. The molecular formula is C12H22N2O3S. The van der Waals surface area contributed by atoms with E-state index < -0.39 is 10.0 Å². The van der Waals surface area contributed by atoms with Crippen molar-refractivity contribution in [2.45, 2.75) is 45.2 Å². The number of furan rings is 1. The van der Waals surface area contributed by atoms with Crippen LogP contribution in [0.5, 0.6) is 0 Å². The van der Waals surface area contributed by atoms with E-state index in [1.165, 1.54) is 0 Å². The predicted molar refractivity (Wildman–Crippen MR) is 70.8 cm³/mol. The van der Waals surface area contributed by atoms with Crippen molar-refractivity contribution < 1.29 is 12.8 Å². The first-order valence-corrected chi connectivity index (χ1v) is 7.52. The van der Waals surface area contributed by atoms with Gasteiger partial charge in [0.1, 0.15) is 16.4 Å². The molecule has 1 rings (SSSR count). The monoisotopic (exact) mass is 274 g/mol. The largest absolute Gasteiger partial charge is 0.464 e. The normalized spacial score (nSPS) is 14.1. The van der Waals surface area contributed by atoms with Crippen molar-refractivity contribution in [1.29, 1.82) is 0 Å². The number of nitrogens with one attached hydrogen (secondary N) is 2. The Balaban J connectivity index is 2.98. The van der Waals surface area contributed by atoms with Crippen LogP contribution in [0.2, 0.25) is 0 Å². The van der Waals surface area contributed by atoms with Gasteiger partial charge in [0.2, 0.25) is 10.0 Å². The number of rotatable bonds is 6. The summed E-state index contributed by atoms with van der Waals surface area (Å²) >= 11 is 0. The van der Waals surface area contributed by atoms with Gasteiger partial charge in [-0.25, -0.2) is 13.1 Å². The van der Waals surface area contributed by atoms with Crippen molar-refractivity contribution in [3.63, 3.8) is 0 Å². The van der Waals surface area contributed by atoms with Crippen LogP contribution in [-0.4, -0.2) is 21.5 Å².